The van der Waals surface area contributed by atoms with Gasteiger partial charge in [-0.3, -0.25) is 0 Å². The molecule has 4 atom stereocenters. The topological polar surface area (TPSA) is 0 Å². The second kappa shape index (κ2) is 7.12. The Morgan fingerprint density at radius 1 is 1.11 bits per heavy atom. The van der Waals surface area contributed by atoms with Crippen LogP contribution >= 0.6 is 0 Å². The number of fused-ring (bicyclic) bond motifs is 1. The fraction of sp³-hybridized carbons (Fsp3) is 0.684. The van der Waals surface area contributed by atoms with Crippen LogP contribution in [0.4, 0.5) is 0 Å². The average Bonchev–Trinajstić information content (AvgIpc) is 2.68. The highest BCUT2D eigenvalue weighted by Crippen LogP contribution is 2.39. The van der Waals surface area contributed by atoms with Gasteiger partial charge in [0.1, 0.15) is 0 Å². The highest BCUT2D eigenvalue weighted by molar-refractivity contribution is 5.15. The molecule has 0 radical (unpaired) electrons. The van der Waals surface area contributed by atoms with Gasteiger partial charge in [-0.05, 0) is 62.2 Å². The molecule has 0 aromatic rings. The van der Waals surface area contributed by atoms with Gasteiger partial charge in [-0.25, -0.2) is 0 Å². The van der Waals surface area contributed by atoms with E-state index in [9.17, 15) is 0 Å². The fourth-order valence-electron chi connectivity index (χ4n) is 3.83. The maximum atomic E-state index is 4.21. The molecule has 0 aromatic carbocycles. The zero-order chi connectivity index (χ0) is 13.7. The van der Waals surface area contributed by atoms with Gasteiger partial charge in [0.15, 0.2) is 0 Å². The molecule has 1 saturated carbocycles. The van der Waals surface area contributed by atoms with Crippen LogP contribution in [0.1, 0.15) is 58.8 Å². The van der Waals surface area contributed by atoms with Crippen molar-refractivity contribution in [2.75, 3.05) is 0 Å². The molecule has 0 spiro atoms. The van der Waals surface area contributed by atoms with Crippen LogP contribution in [0, 0.1) is 23.7 Å². The van der Waals surface area contributed by atoms with Gasteiger partial charge >= 0.3 is 0 Å². The molecule has 0 heteroatoms. The molecule has 0 aromatic heterocycles. The Balaban J connectivity index is 2.02. The lowest BCUT2D eigenvalue weighted by molar-refractivity contribution is 0.460. The van der Waals surface area contributed by atoms with Crippen molar-refractivity contribution < 1.29 is 0 Å². The molecule has 0 aliphatic heterocycles. The van der Waals surface area contributed by atoms with E-state index in [0.717, 1.165) is 23.7 Å². The van der Waals surface area contributed by atoms with Crippen LogP contribution in [0.15, 0.2) is 36.5 Å². The summed E-state index contributed by atoms with van der Waals surface area (Å²) in [6.07, 6.45) is 18.8. The van der Waals surface area contributed by atoms with E-state index in [0.29, 0.717) is 0 Å². The van der Waals surface area contributed by atoms with Crippen molar-refractivity contribution in [3.63, 3.8) is 0 Å². The molecule has 0 saturated heterocycles. The Labute approximate surface area is 119 Å². The molecule has 2 aliphatic rings. The zero-order valence-electron chi connectivity index (χ0n) is 12.8. The summed E-state index contributed by atoms with van der Waals surface area (Å²) in [5.41, 5.74) is 1.32. The van der Waals surface area contributed by atoms with Crippen LogP contribution in [0.2, 0.25) is 0 Å². The number of allylic oxidation sites excluding steroid dienone is 5. The molecular formula is C19H30. The molecule has 0 nitrogen and oxygen atoms in total. The molecule has 19 heavy (non-hydrogen) atoms. The normalized spacial score (nSPS) is 40.6. The van der Waals surface area contributed by atoms with Crippen LogP contribution in [-0.4, -0.2) is 0 Å². The van der Waals surface area contributed by atoms with Gasteiger partial charge in [-0.15, -0.1) is 0 Å². The van der Waals surface area contributed by atoms with Gasteiger partial charge < -0.3 is 0 Å². The first-order valence-corrected chi connectivity index (χ1v) is 8.16. The standard InChI is InChI=1S/C19H30/c1-15-8-5-4-6-10-18-13-17(3)14-19(18)11-7-9-16(2)12-15/h6-7,9-10,15,17-19H,2,4-5,8,11-14H2,1,3H3/b9-7+,10-6+/t15?,17-,18?,19+/m0/s1. The van der Waals surface area contributed by atoms with Gasteiger partial charge in [-0.2, -0.15) is 0 Å². The van der Waals surface area contributed by atoms with E-state index in [1.165, 1.54) is 50.5 Å². The molecule has 106 valence electrons. The molecule has 0 heterocycles. The number of rotatable bonds is 0. The van der Waals surface area contributed by atoms with Crippen LogP contribution in [0.3, 0.4) is 0 Å². The Kier molecular flexibility index (Phi) is 5.48. The highest BCUT2D eigenvalue weighted by atomic mass is 14.3. The first-order chi connectivity index (χ1) is 9.15. The molecule has 0 bridgehead atoms. The Morgan fingerprint density at radius 3 is 2.79 bits per heavy atom. The monoisotopic (exact) mass is 258 g/mol. The zero-order valence-corrected chi connectivity index (χ0v) is 12.8. The van der Waals surface area contributed by atoms with Crippen molar-refractivity contribution in [2.45, 2.75) is 58.8 Å². The third kappa shape index (κ3) is 4.67. The number of hydrogen-bond acceptors (Lipinski definition) is 0. The van der Waals surface area contributed by atoms with Crippen LogP contribution in [0.25, 0.3) is 0 Å². The molecular weight excluding hydrogens is 228 g/mol. The predicted octanol–water partition coefficient (Wildman–Crippen LogP) is 5.92. The van der Waals surface area contributed by atoms with Gasteiger partial charge in [0.05, 0.1) is 0 Å². The molecule has 0 amide bonds. The summed E-state index contributed by atoms with van der Waals surface area (Å²) in [6.45, 7) is 8.98. The van der Waals surface area contributed by atoms with E-state index in [4.69, 9.17) is 0 Å². The van der Waals surface area contributed by atoms with Crippen LogP contribution in [-0.2, 0) is 0 Å². The molecule has 1 fully saturated rings. The van der Waals surface area contributed by atoms with E-state index in [2.05, 4.69) is 44.7 Å². The van der Waals surface area contributed by atoms with E-state index in [1.807, 2.05) is 0 Å². The van der Waals surface area contributed by atoms with Crippen molar-refractivity contribution in [1.29, 1.82) is 0 Å². The van der Waals surface area contributed by atoms with E-state index >= 15 is 0 Å². The molecule has 2 unspecified atom stereocenters. The van der Waals surface area contributed by atoms with Gasteiger partial charge in [0.2, 0.25) is 0 Å². The van der Waals surface area contributed by atoms with Gasteiger partial charge in [0, 0.05) is 0 Å². The fourth-order valence-corrected chi connectivity index (χ4v) is 3.83. The smallest absolute Gasteiger partial charge is 0.0200 e. The van der Waals surface area contributed by atoms with E-state index < -0.39 is 0 Å². The van der Waals surface area contributed by atoms with Gasteiger partial charge in [-0.1, -0.05) is 56.7 Å². The minimum atomic E-state index is 0.783. The summed E-state index contributed by atoms with van der Waals surface area (Å²) >= 11 is 0. The first-order valence-electron chi connectivity index (χ1n) is 8.16. The largest absolute Gasteiger partial charge is 0.0958 e. The van der Waals surface area contributed by atoms with Crippen LogP contribution < -0.4 is 0 Å². The van der Waals surface area contributed by atoms with Crippen LogP contribution in [0.5, 0.6) is 0 Å². The Hall–Kier alpha value is -0.780. The van der Waals surface area contributed by atoms with Crippen molar-refractivity contribution in [2.24, 2.45) is 23.7 Å². The van der Waals surface area contributed by atoms with Crippen molar-refractivity contribution >= 4 is 0 Å². The Bertz CT molecular complexity index is 347. The predicted molar refractivity (Wildman–Crippen MR) is 85.0 cm³/mol. The first kappa shape index (κ1) is 14.6. The summed E-state index contributed by atoms with van der Waals surface area (Å²) in [5, 5.41) is 0. The third-order valence-electron chi connectivity index (χ3n) is 4.84. The van der Waals surface area contributed by atoms with E-state index in [-0.39, 0.29) is 0 Å². The van der Waals surface area contributed by atoms with Crippen molar-refractivity contribution in [3.05, 3.63) is 36.5 Å². The maximum Gasteiger partial charge on any atom is -0.0200 e. The maximum absolute atomic E-state index is 4.21. The SMILES string of the molecule is C=C1/C=C/C[C@@H]2C[C@@H](C)CC2/C=C/CCCC(C)C1. The van der Waals surface area contributed by atoms with Gasteiger partial charge in [0.25, 0.3) is 0 Å². The lowest BCUT2D eigenvalue weighted by Crippen LogP contribution is -2.03. The minimum absolute atomic E-state index is 0.783. The summed E-state index contributed by atoms with van der Waals surface area (Å²) in [7, 11) is 0. The lowest BCUT2D eigenvalue weighted by Gasteiger charge is -2.13. The molecule has 2 rings (SSSR count). The molecule has 2 aliphatic carbocycles. The summed E-state index contributed by atoms with van der Waals surface area (Å²) < 4.78 is 0. The summed E-state index contributed by atoms with van der Waals surface area (Å²) in [6, 6.07) is 0. The average molecular weight is 258 g/mol. The number of hydrogen-bond donors (Lipinski definition) is 0. The van der Waals surface area contributed by atoms with Crippen molar-refractivity contribution in [1.82, 2.24) is 0 Å². The van der Waals surface area contributed by atoms with E-state index in [1.54, 1.807) is 0 Å². The second-order valence-corrected chi connectivity index (χ2v) is 6.97. The minimum Gasteiger partial charge on any atom is -0.0958 e. The quantitative estimate of drug-likeness (QED) is 0.473. The summed E-state index contributed by atoms with van der Waals surface area (Å²) in [5.74, 6) is 3.38. The Morgan fingerprint density at radius 2 is 1.95 bits per heavy atom. The highest BCUT2D eigenvalue weighted by Gasteiger charge is 2.29. The summed E-state index contributed by atoms with van der Waals surface area (Å²) in [4.78, 5) is 0. The second-order valence-electron chi connectivity index (χ2n) is 6.97. The molecule has 0 N–H and O–H groups in total. The third-order valence-corrected chi connectivity index (χ3v) is 4.84. The lowest BCUT2D eigenvalue weighted by atomic mass is 9.92. The van der Waals surface area contributed by atoms with Crippen molar-refractivity contribution in [3.8, 4) is 0 Å².